The van der Waals surface area contributed by atoms with E-state index in [4.69, 9.17) is 34.8 Å². The Bertz CT molecular complexity index is 2210. The lowest BCUT2D eigenvalue weighted by molar-refractivity contribution is -0.116. The van der Waals surface area contributed by atoms with Crippen LogP contribution in [-0.2, 0) is 9.59 Å². The molecule has 0 aliphatic carbocycles. The quantitative estimate of drug-likeness (QED) is 0.0900. The van der Waals surface area contributed by atoms with Gasteiger partial charge in [-0.15, -0.1) is 23.1 Å². The van der Waals surface area contributed by atoms with E-state index in [0.29, 0.717) is 32.0 Å². The number of anilines is 2. The summed E-state index contributed by atoms with van der Waals surface area (Å²) >= 11 is 21.3. The minimum Gasteiger partial charge on any atom is -0.321 e. The van der Waals surface area contributed by atoms with Crippen LogP contribution in [0.2, 0.25) is 15.1 Å². The van der Waals surface area contributed by atoms with E-state index < -0.39 is 17.1 Å². The summed E-state index contributed by atoms with van der Waals surface area (Å²) in [6, 6.07) is 37.4. The standard InChI is InChI=1S/C39H27Cl3N4O3S2/c40-28-19-17-24(18-20-28)33-23-50-39(45-33)46-38(49)35(25-9-3-1-4-10-25)51-30-15-8-14-29(22-30)43-37(48)32(21-27-13-7-16-31(41)34(27)42)44-36(47)26-11-5-2-6-12-26/h1-23,35H,(H,43,48)(H,44,47)(H,45,46,49)/b32-21+. The fourth-order valence-electron chi connectivity index (χ4n) is 4.87. The number of amides is 3. The van der Waals surface area contributed by atoms with Crippen molar-refractivity contribution in [2.75, 3.05) is 10.6 Å². The number of carbonyl (C=O) groups is 3. The van der Waals surface area contributed by atoms with Gasteiger partial charge in [-0.3, -0.25) is 14.4 Å². The number of benzene rings is 5. The maximum absolute atomic E-state index is 13.8. The van der Waals surface area contributed by atoms with Crippen molar-refractivity contribution in [3.05, 3.63) is 170 Å². The van der Waals surface area contributed by atoms with E-state index in [9.17, 15) is 14.4 Å². The molecule has 5 aromatic carbocycles. The van der Waals surface area contributed by atoms with Crippen molar-refractivity contribution < 1.29 is 14.4 Å². The molecule has 7 nitrogen and oxygen atoms in total. The summed E-state index contributed by atoms with van der Waals surface area (Å²) in [5, 5.41) is 11.4. The van der Waals surface area contributed by atoms with Crippen molar-refractivity contribution in [3.63, 3.8) is 0 Å². The first-order valence-electron chi connectivity index (χ1n) is 15.4. The lowest BCUT2D eigenvalue weighted by Crippen LogP contribution is -2.30. The molecule has 3 N–H and O–H groups in total. The van der Waals surface area contributed by atoms with Crippen LogP contribution in [0.4, 0.5) is 10.8 Å². The molecule has 51 heavy (non-hydrogen) atoms. The molecule has 0 radical (unpaired) electrons. The second-order valence-electron chi connectivity index (χ2n) is 10.9. The molecule has 0 fully saturated rings. The Kier molecular flexibility index (Phi) is 11.9. The lowest BCUT2D eigenvalue weighted by atomic mass is 10.1. The van der Waals surface area contributed by atoms with Crippen molar-refractivity contribution in [3.8, 4) is 11.3 Å². The van der Waals surface area contributed by atoms with Crippen LogP contribution in [0.25, 0.3) is 17.3 Å². The molecule has 6 aromatic rings. The number of carbonyl (C=O) groups excluding carboxylic acids is 3. The highest BCUT2D eigenvalue weighted by Crippen LogP contribution is 2.38. The van der Waals surface area contributed by atoms with Gasteiger partial charge >= 0.3 is 0 Å². The van der Waals surface area contributed by atoms with E-state index in [0.717, 1.165) is 21.7 Å². The molecule has 0 aliphatic rings. The molecule has 0 aliphatic heterocycles. The number of hydrogen-bond donors (Lipinski definition) is 3. The zero-order valence-electron chi connectivity index (χ0n) is 26.5. The zero-order valence-corrected chi connectivity index (χ0v) is 30.4. The van der Waals surface area contributed by atoms with Gasteiger partial charge in [-0.2, -0.15) is 0 Å². The van der Waals surface area contributed by atoms with Crippen LogP contribution in [0.3, 0.4) is 0 Å². The first-order valence-corrected chi connectivity index (χ1v) is 18.3. The summed E-state index contributed by atoms with van der Waals surface area (Å²) < 4.78 is 0. The Balaban J connectivity index is 1.22. The lowest BCUT2D eigenvalue weighted by Gasteiger charge is -2.17. The minimum atomic E-state index is -0.648. The predicted molar refractivity (Wildman–Crippen MR) is 210 cm³/mol. The van der Waals surface area contributed by atoms with Crippen LogP contribution >= 0.6 is 57.9 Å². The third-order valence-electron chi connectivity index (χ3n) is 7.37. The molecule has 0 saturated heterocycles. The molecular formula is C39H27Cl3N4O3S2. The highest BCUT2D eigenvalue weighted by atomic mass is 35.5. The average molecular weight is 770 g/mol. The van der Waals surface area contributed by atoms with Gasteiger partial charge in [0.05, 0.1) is 15.7 Å². The van der Waals surface area contributed by atoms with Gasteiger partial charge < -0.3 is 16.0 Å². The molecule has 3 amide bonds. The first kappa shape index (κ1) is 35.9. The second-order valence-corrected chi connectivity index (χ2v) is 14.2. The number of nitrogens with one attached hydrogen (secondary N) is 3. The summed E-state index contributed by atoms with van der Waals surface area (Å²) in [5.41, 5.74) is 3.62. The molecule has 12 heteroatoms. The van der Waals surface area contributed by atoms with Crippen molar-refractivity contribution in [2.45, 2.75) is 10.1 Å². The maximum atomic E-state index is 13.8. The number of thiazole rings is 1. The minimum absolute atomic E-state index is 0.0472. The number of nitrogens with zero attached hydrogens (tertiary/aromatic N) is 1. The highest BCUT2D eigenvalue weighted by molar-refractivity contribution is 8.00. The van der Waals surface area contributed by atoms with Gasteiger partial charge in [0.2, 0.25) is 5.91 Å². The van der Waals surface area contributed by atoms with Crippen LogP contribution in [0, 0.1) is 0 Å². The summed E-state index contributed by atoms with van der Waals surface area (Å²) in [6.07, 6.45) is 1.47. The number of hydrogen-bond acceptors (Lipinski definition) is 6. The smallest absolute Gasteiger partial charge is 0.272 e. The fourth-order valence-corrected chi connectivity index (χ4v) is 7.16. The summed E-state index contributed by atoms with van der Waals surface area (Å²) in [7, 11) is 0. The van der Waals surface area contributed by atoms with Gasteiger partial charge in [-0.05, 0) is 65.7 Å². The Morgan fingerprint density at radius 1 is 0.765 bits per heavy atom. The molecule has 1 heterocycles. The molecule has 0 spiro atoms. The SMILES string of the molecule is O=C(Nc1cccc(SC(C(=O)Nc2nc(-c3ccc(Cl)cc3)cs2)c2ccccc2)c1)/C(=C\c1cccc(Cl)c1Cl)NC(=O)c1ccccc1. The molecule has 254 valence electrons. The van der Waals surface area contributed by atoms with Crippen molar-refractivity contribution >= 4 is 92.5 Å². The van der Waals surface area contributed by atoms with E-state index in [2.05, 4.69) is 20.9 Å². The highest BCUT2D eigenvalue weighted by Gasteiger charge is 2.24. The van der Waals surface area contributed by atoms with Gasteiger partial charge in [0.25, 0.3) is 11.8 Å². The van der Waals surface area contributed by atoms with Crippen LogP contribution in [0.15, 0.2) is 143 Å². The third kappa shape index (κ3) is 9.46. The van der Waals surface area contributed by atoms with Crippen molar-refractivity contribution in [1.82, 2.24) is 10.3 Å². The fraction of sp³-hybridized carbons (Fsp3) is 0.0256. The predicted octanol–water partition coefficient (Wildman–Crippen LogP) is 10.7. The van der Waals surface area contributed by atoms with Crippen molar-refractivity contribution in [2.24, 2.45) is 0 Å². The summed E-state index contributed by atoms with van der Waals surface area (Å²) in [6.45, 7) is 0. The third-order valence-corrected chi connectivity index (χ3v) is 10.5. The van der Waals surface area contributed by atoms with E-state index >= 15 is 0 Å². The largest absolute Gasteiger partial charge is 0.321 e. The molecule has 1 atom stereocenters. The van der Waals surface area contributed by atoms with E-state index in [1.807, 2.05) is 53.9 Å². The number of thioether (sulfide) groups is 1. The first-order chi connectivity index (χ1) is 24.7. The number of aromatic nitrogens is 1. The van der Waals surface area contributed by atoms with Gasteiger partial charge in [0.15, 0.2) is 5.13 Å². The van der Waals surface area contributed by atoms with Crippen LogP contribution < -0.4 is 16.0 Å². The molecule has 1 unspecified atom stereocenters. The van der Waals surface area contributed by atoms with E-state index in [-0.39, 0.29) is 16.6 Å². The molecule has 1 aromatic heterocycles. The Morgan fingerprint density at radius 2 is 1.47 bits per heavy atom. The number of rotatable bonds is 11. The molecule has 0 saturated carbocycles. The van der Waals surface area contributed by atoms with Crippen LogP contribution in [0.1, 0.15) is 26.7 Å². The maximum Gasteiger partial charge on any atom is 0.272 e. The molecular weight excluding hydrogens is 743 g/mol. The van der Waals surface area contributed by atoms with Crippen LogP contribution in [0.5, 0.6) is 0 Å². The normalized spacial score (nSPS) is 11.8. The Labute approximate surface area is 317 Å². The molecule has 0 bridgehead atoms. The van der Waals surface area contributed by atoms with Gasteiger partial charge in [0, 0.05) is 32.1 Å². The van der Waals surface area contributed by atoms with Crippen molar-refractivity contribution in [1.29, 1.82) is 0 Å². The van der Waals surface area contributed by atoms with Gasteiger partial charge in [-0.1, -0.05) is 114 Å². The zero-order chi connectivity index (χ0) is 35.7. The number of halogens is 3. The van der Waals surface area contributed by atoms with Gasteiger partial charge in [-0.25, -0.2) is 4.98 Å². The van der Waals surface area contributed by atoms with E-state index in [1.54, 1.807) is 78.9 Å². The van der Waals surface area contributed by atoms with Crippen LogP contribution in [-0.4, -0.2) is 22.7 Å². The summed E-state index contributed by atoms with van der Waals surface area (Å²) in [4.78, 5) is 45.9. The Hall–Kier alpha value is -4.90. The summed E-state index contributed by atoms with van der Waals surface area (Å²) in [5.74, 6) is -1.32. The Morgan fingerprint density at radius 3 is 2.22 bits per heavy atom. The average Bonchev–Trinajstić information content (AvgIpc) is 3.61. The topological polar surface area (TPSA) is 100 Å². The monoisotopic (exact) mass is 768 g/mol. The van der Waals surface area contributed by atoms with Gasteiger partial charge in [0.1, 0.15) is 10.9 Å². The second kappa shape index (κ2) is 16.9. The molecule has 6 rings (SSSR count). The van der Waals surface area contributed by atoms with E-state index in [1.165, 1.54) is 29.2 Å².